The summed E-state index contributed by atoms with van der Waals surface area (Å²) < 4.78 is 20.5. The van der Waals surface area contributed by atoms with Crippen molar-refractivity contribution in [3.63, 3.8) is 0 Å². The SMILES string of the molecule is COP(=O)(CC(C)N=O)OC. The summed E-state index contributed by atoms with van der Waals surface area (Å²) >= 11 is 0. The van der Waals surface area contributed by atoms with Gasteiger partial charge < -0.3 is 9.05 Å². The van der Waals surface area contributed by atoms with Crippen molar-refractivity contribution >= 4 is 7.60 Å². The molecule has 0 aromatic carbocycles. The first-order valence-electron chi connectivity index (χ1n) is 3.11. The van der Waals surface area contributed by atoms with Crippen LogP contribution in [0.5, 0.6) is 0 Å². The molecule has 11 heavy (non-hydrogen) atoms. The first-order chi connectivity index (χ1) is 5.08. The lowest BCUT2D eigenvalue weighted by molar-refractivity contribution is 0.274. The van der Waals surface area contributed by atoms with Crippen molar-refractivity contribution in [2.75, 3.05) is 20.4 Å². The standard InChI is InChI=1S/C5H12NO4P/c1-5(6-7)4-11(8,9-2)10-3/h5H,4H2,1-3H3. The van der Waals surface area contributed by atoms with Gasteiger partial charge in [0, 0.05) is 14.2 Å². The molecule has 0 saturated carbocycles. The Labute approximate surface area is 65.6 Å². The molecule has 0 amide bonds. The molecule has 0 N–H and O–H groups in total. The van der Waals surface area contributed by atoms with Gasteiger partial charge in [-0.15, -0.1) is 0 Å². The van der Waals surface area contributed by atoms with Gasteiger partial charge in [0.1, 0.15) is 6.04 Å². The first-order valence-corrected chi connectivity index (χ1v) is 4.83. The molecular weight excluding hydrogens is 169 g/mol. The molecule has 66 valence electrons. The maximum Gasteiger partial charge on any atom is 0.332 e. The molecule has 1 unspecified atom stereocenters. The third-order valence-corrected chi connectivity index (χ3v) is 3.31. The van der Waals surface area contributed by atoms with Crippen LogP contribution >= 0.6 is 7.60 Å². The van der Waals surface area contributed by atoms with Crippen LogP contribution in [0.25, 0.3) is 0 Å². The van der Waals surface area contributed by atoms with Crippen molar-refractivity contribution in [2.24, 2.45) is 5.18 Å². The smallest absolute Gasteiger partial charge is 0.312 e. The molecule has 0 radical (unpaired) electrons. The van der Waals surface area contributed by atoms with Crippen LogP contribution in [0.1, 0.15) is 6.92 Å². The molecule has 0 saturated heterocycles. The second kappa shape index (κ2) is 4.59. The molecule has 0 aliphatic carbocycles. The second-order valence-electron chi connectivity index (χ2n) is 2.11. The molecule has 0 aliphatic rings. The normalized spacial score (nSPS) is 14.5. The average molecular weight is 181 g/mol. The molecule has 6 heteroatoms. The van der Waals surface area contributed by atoms with E-state index < -0.39 is 13.6 Å². The fourth-order valence-electron chi connectivity index (χ4n) is 0.581. The monoisotopic (exact) mass is 181 g/mol. The van der Waals surface area contributed by atoms with E-state index in [1.54, 1.807) is 6.92 Å². The van der Waals surface area contributed by atoms with Crippen LogP contribution in [0, 0.1) is 4.91 Å². The van der Waals surface area contributed by atoms with Crippen molar-refractivity contribution in [1.29, 1.82) is 0 Å². The maximum absolute atomic E-state index is 11.3. The summed E-state index contributed by atoms with van der Waals surface area (Å²) in [7, 11) is -0.488. The van der Waals surface area contributed by atoms with Crippen molar-refractivity contribution in [3.05, 3.63) is 4.91 Å². The highest BCUT2D eigenvalue weighted by atomic mass is 31.2. The Kier molecular flexibility index (Phi) is 4.49. The molecule has 5 nitrogen and oxygen atoms in total. The lowest BCUT2D eigenvalue weighted by Crippen LogP contribution is -2.07. The summed E-state index contributed by atoms with van der Waals surface area (Å²) in [6.07, 6.45) is 0.0312. The summed E-state index contributed by atoms with van der Waals surface area (Å²) in [6, 6.07) is -0.541. The molecule has 0 aliphatic heterocycles. The summed E-state index contributed by atoms with van der Waals surface area (Å²) in [5.41, 5.74) is 0. The highest BCUT2D eigenvalue weighted by molar-refractivity contribution is 7.53. The van der Waals surface area contributed by atoms with Gasteiger partial charge in [-0.1, -0.05) is 5.18 Å². The van der Waals surface area contributed by atoms with Crippen LogP contribution in [0.2, 0.25) is 0 Å². The summed E-state index contributed by atoms with van der Waals surface area (Å²) in [6.45, 7) is 1.55. The van der Waals surface area contributed by atoms with E-state index in [4.69, 9.17) is 0 Å². The largest absolute Gasteiger partial charge is 0.332 e. The zero-order valence-corrected chi connectivity index (χ0v) is 7.71. The number of nitrogens with zero attached hydrogens (tertiary/aromatic N) is 1. The van der Waals surface area contributed by atoms with E-state index in [0.29, 0.717) is 0 Å². The predicted octanol–water partition coefficient (Wildman–Crippen LogP) is 1.63. The average Bonchev–Trinajstić information content (AvgIpc) is 2.04. The van der Waals surface area contributed by atoms with Crippen LogP contribution in [0.15, 0.2) is 5.18 Å². The Balaban J connectivity index is 4.08. The topological polar surface area (TPSA) is 65.0 Å². The molecule has 0 aromatic rings. The van der Waals surface area contributed by atoms with Crippen molar-refractivity contribution in [1.82, 2.24) is 0 Å². The van der Waals surface area contributed by atoms with Crippen molar-refractivity contribution in [2.45, 2.75) is 13.0 Å². The van der Waals surface area contributed by atoms with Crippen LogP contribution in [-0.4, -0.2) is 26.4 Å². The minimum Gasteiger partial charge on any atom is -0.312 e. The quantitative estimate of drug-likeness (QED) is 0.477. The summed E-state index contributed by atoms with van der Waals surface area (Å²) in [5, 5.41) is 2.69. The Hall–Kier alpha value is -0.250. The van der Waals surface area contributed by atoms with Gasteiger partial charge in [-0.2, -0.15) is 4.91 Å². The number of nitroso groups, excluding NO2 is 1. The zero-order valence-electron chi connectivity index (χ0n) is 6.81. The Morgan fingerprint density at radius 1 is 1.45 bits per heavy atom. The maximum atomic E-state index is 11.3. The van der Waals surface area contributed by atoms with Crippen LogP contribution in [0.4, 0.5) is 0 Å². The van der Waals surface area contributed by atoms with Gasteiger partial charge in [0.15, 0.2) is 0 Å². The highest BCUT2D eigenvalue weighted by Crippen LogP contribution is 2.46. The number of rotatable bonds is 5. The first kappa shape index (κ1) is 10.8. The van der Waals surface area contributed by atoms with Gasteiger partial charge in [0.25, 0.3) is 0 Å². The van der Waals surface area contributed by atoms with E-state index in [-0.39, 0.29) is 6.16 Å². The van der Waals surface area contributed by atoms with Gasteiger partial charge in [-0.05, 0) is 6.92 Å². The van der Waals surface area contributed by atoms with E-state index >= 15 is 0 Å². The number of hydrogen-bond donors (Lipinski definition) is 0. The molecule has 0 bridgehead atoms. The highest BCUT2D eigenvalue weighted by Gasteiger charge is 2.24. The zero-order chi connectivity index (χ0) is 8.91. The van der Waals surface area contributed by atoms with Crippen molar-refractivity contribution in [3.8, 4) is 0 Å². The lowest BCUT2D eigenvalue weighted by atomic mass is 10.4. The van der Waals surface area contributed by atoms with E-state index in [2.05, 4.69) is 14.2 Å². The van der Waals surface area contributed by atoms with Crippen LogP contribution in [0.3, 0.4) is 0 Å². The molecule has 0 rings (SSSR count). The van der Waals surface area contributed by atoms with E-state index in [9.17, 15) is 9.47 Å². The minimum atomic E-state index is -3.05. The van der Waals surface area contributed by atoms with E-state index in [1.807, 2.05) is 0 Å². The van der Waals surface area contributed by atoms with Crippen LogP contribution < -0.4 is 0 Å². The van der Waals surface area contributed by atoms with Gasteiger partial charge >= 0.3 is 7.60 Å². The molecule has 0 heterocycles. The van der Waals surface area contributed by atoms with Gasteiger partial charge in [0.05, 0.1) is 6.16 Å². The predicted molar refractivity (Wildman–Crippen MR) is 41.7 cm³/mol. The van der Waals surface area contributed by atoms with Crippen LogP contribution in [-0.2, 0) is 13.6 Å². The lowest BCUT2D eigenvalue weighted by Gasteiger charge is -2.13. The van der Waals surface area contributed by atoms with Gasteiger partial charge in [-0.25, -0.2) is 0 Å². The van der Waals surface area contributed by atoms with Gasteiger partial charge in [0.2, 0.25) is 0 Å². The Morgan fingerprint density at radius 2 is 1.91 bits per heavy atom. The fourth-order valence-corrected chi connectivity index (χ4v) is 1.74. The third-order valence-electron chi connectivity index (χ3n) is 1.22. The fraction of sp³-hybridized carbons (Fsp3) is 1.00. The molecule has 1 atom stereocenters. The third kappa shape index (κ3) is 3.60. The Bertz CT molecular complexity index is 164. The Morgan fingerprint density at radius 3 is 2.18 bits per heavy atom. The van der Waals surface area contributed by atoms with E-state index in [0.717, 1.165) is 0 Å². The van der Waals surface area contributed by atoms with E-state index in [1.165, 1.54) is 14.2 Å². The molecular formula is C5H12NO4P. The summed E-state index contributed by atoms with van der Waals surface area (Å²) in [4.78, 5) is 9.93. The molecule has 0 aromatic heterocycles. The van der Waals surface area contributed by atoms with Crippen molar-refractivity contribution < 1.29 is 13.6 Å². The van der Waals surface area contributed by atoms with Gasteiger partial charge in [-0.3, -0.25) is 4.57 Å². The minimum absolute atomic E-state index is 0.0312. The number of hydrogen-bond acceptors (Lipinski definition) is 5. The summed E-state index contributed by atoms with van der Waals surface area (Å²) in [5.74, 6) is 0. The molecule has 0 fully saturated rings. The molecule has 0 spiro atoms. The second-order valence-corrected chi connectivity index (χ2v) is 4.43.